The van der Waals surface area contributed by atoms with Gasteiger partial charge in [-0.2, -0.15) is 0 Å². The fourth-order valence-electron chi connectivity index (χ4n) is 4.92. The number of hydrogen-bond donors (Lipinski definition) is 2. The molecule has 164 valence electrons. The van der Waals surface area contributed by atoms with Crippen LogP contribution >= 0.6 is 12.2 Å². The Hall–Kier alpha value is -3.19. The van der Waals surface area contributed by atoms with Crippen LogP contribution in [0.1, 0.15) is 62.0 Å². The van der Waals surface area contributed by atoms with Crippen molar-refractivity contribution >= 4 is 34.6 Å². The summed E-state index contributed by atoms with van der Waals surface area (Å²) in [7, 11) is 0. The molecule has 7 heteroatoms. The van der Waals surface area contributed by atoms with Crippen LogP contribution in [0, 0.1) is 0 Å². The highest BCUT2D eigenvalue weighted by Gasteiger charge is 2.41. The zero-order valence-corrected chi connectivity index (χ0v) is 18.9. The second-order valence-electron chi connectivity index (χ2n) is 8.55. The molecule has 1 saturated carbocycles. The van der Waals surface area contributed by atoms with Crippen LogP contribution in [-0.4, -0.2) is 20.6 Å². The Bertz CT molecular complexity index is 1100. The summed E-state index contributed by atoms with van der Waals surface area (Å²) in [5.41, 5.74) is 3.93. The van der Waals surface area contributed by atoms with Gasteiger partial charge in [0.25, 0.3) is 0 Å². The van der Waals surface area contributed by atoms with E-state index < -0.39 is 0 Å². The van der Waals surface area contributed by atoms with Gasteiger partial charge in [0, 0.05) is 42.9 Å². The van der Waals surface area contributed by atoms with Gasteiger partial charge in [0.2, 0.25) is 5.91 Å². The molecular weight excluding hydrogens is 418 g/mol. The number of amides is 1. The molecule has 0 radical (unpaired) electrons. The van der Waals surface area contributed by atoms with Crippen LogP contribution in [0.15, 0.2) is 67.1 Å². The summed E-state index contributed by atoms with van der Waals surface area (Å²) in [5.74, 6) is -0.0857. The fourth-order valence-corrected chi connectivity index (χ4v) is 5.26. The number of anilines is 2. The van der Waals surface area contributed by atoms with Crippen molar-refractivity contribution in [3.8, 4) is 0 Å². The largest absolute Gasteiger partial charge is 0.351 e. The number of aromatic nitrogens is 2. The van der Waals surface area contributed by atoms with Gasteiger partial charge in [-0.15, -0.1) is 0 Å². The predicted molar refractivity (Wildman–Crippen MR) is 131 cm³/mol. The minimum atomic E-state index is -0.0857. The molecule has 0 bridgehead atoms. The third kappa shape index (κ3) is 4.00. The molecule has 2 atom stereocenters. The first kappa shape index (κ1) is 20.7. The standard InChI is InChI=1S/C25H27N5OS/c1-17(31)27-19-9-11-21(12-10-19)30-24(18-13-15-29(16-18)20-6-2-3-7-20)23(28-25(30)32)22-8-4-5-14-26-22/h4-5,8-16,20,23-24H,2-3,6-7H2,1H3,(H,27,31)(H,28,32)/t23-,24-/m0/s1. The van der Waals surface area contributed by atoms with Crippen molar-refractivity contribution < 1.29 is 4.79 Å². The molecule has 1 saturated heterocycles. The van der Waals surface area contributed by atoms with Gasteiger partial charge in [0.15, 0.2) is 5.11 Å². The van der Waals surface area contributed by atoms with E-state index in [0.717, 1.165) is 17.1 Å². The summed E-state index contributed by atoms with van der Waals surface area (Å²) in [6.07, 6.45) is 11.4. The summed E-state index contributed by atoms with van der Waals surface area (Å²) in [4.78, 5) is 18.2. The van der Waals surface area contributed by atoms with Crippen LogP contribution in [0.3, 0.4) is 0 Å². The quantitative estimate of drug-likeness (QED) is 0.533. The molecule has 2 aromatic heterocycles. The summed E-state index contributed by atoms with van der Waals surface area (Å²) < 4.78 is 2.37. The van der Waals surface area contributed by atoms with E-state index in [-0.39, 0.29) is 18.0 Å². The maximum atomic E-state index is 11.4. The number of pyridine rings is 1. The van der Waals surface area contributed by atoms with E-state index in [0.29, 0.717) is 11.2 Å². The molecule has 2 aliphatic rings. The van der Waals surface area contributed by atoms with Gasteiger partial charge in [-0.05, 0) is 73.1 Å². The summed E-state index contributed by atoms with van der Waals surface area (Å²) in [5, 5.41) is 7.01. The van der Waals surface area contributed by atoms with Crippen molar-refractivity contribution in [3.63, 3.8) is 0 Å². The van der Waals surface area contributed by atoms with Gasteiger partial charge >= 0.3 is 0 Å². The van der Waals surface area contributed by atoms with Crippen molar-refractivity contribution in [2.45, 2.75) is 50.7 Å². The van der Waals surface area contributed by atoms with Crippen molar-refractivity contribution in [3.05, 3.63) is 78.4 Å². The first-order valence-corrected chi connectivity index (χ1v) is 11.6. The molecule has 2 N–H and O–H groups in total. The number of carbonyl (C=O) groups excluding carboxylic acids is 1. The van der Waals surface area contributed by atoms with Gasteiger partial charge < -0.3 is 20.1 Å². The lowest BCUT2D eigenvalue weighted by Crippen LogP contribution is -2.29. The number of carbonyl (C=O) groups is 1. The van der Waals surface area contributed by atoms with Crippen molar-refractivity contribution in [2.24, 2.45) is 0 Å². The normalized spacial score (nSPS) is 21.0. The number of nitrogens with zero attached hydrogens (tertiary/aromatic N) is 3. The average molecular weight is 446 g/mol. The number of rotatable bonds is 5. The summed E-state index contributed by atoms with van der Waals surface area (Å²) in [6, 6.07) is 16.5. The first-order valence-electron chi connectivity index (χ1n) is 11.2. The second kappa shape index (κ2) is 8.74. The number of benzene rings is 1. The Morgan fingerprint density at radius 3 is 2.59 bits per heavy atom. The van der Waals surface area contributed by atoms with E-state index in [1.807, 2.05) is 48.7 Å². The Morgan fingerprint density at radius 1 is 1.12 bits per heavy atom. The molecule has 2 fully saturated rings. The second-order valence-corrected chi connectivity index (χ2v) is 8.94. The highest BCUT2D eigenvalue weighted by molar-refractivity contribution is 7.80. The fraction of sp³-hybridized carbons (Fsp3) is 0.320. The molecule has 3 heterocycles. The van der Waals surface area contributed by atoms with Gasteiger partial charge in [0.1, 0.15) is 0 Å². The first-order chi connectivity index (χ1) is 15.6. The highest BCUT2D eigenvalue weighted by Crippen LogP contribution is 2.42. The minimum Gasteiger partial charge on any atom is -0.351 e. The van der Waals surface area contributed by atoms with Crippen LogP contribution in [0.5, 0.6) is 0 Å². The molecular formula is C25H27N5OS. The third-order valence-electron chi connectivity index (χ3n) is 6.39. The van der Waals surface area contributed by atoms with E-state index >= 15 is 0 Å². The Kier molecular flexibility index (Phi) is 5.66. The van der Waals surface area contributed by atoms with Gasteiger partial charge in [-0.3, -0.25) is 9.78 Å². The minimum absolute atomic E-state index is 0.0216. The van der Waals surface area contributed by atoms with E-state index in [9.17, 15) is 4.79 Å². The van der Waals surface area contributed by atoms with E-state index in [2.05, 4.69) is 43.5 Å². The highest BCUT2D eigenvalue weighted by atomic mass is 32.1. The summed E-state index contributed by atoms with van der Waals surface area (Å²) >= 11 is 5.80. The Balaban J connectivity index is 1.52. The smallest absolute Gasteiger partial charge is 0.221 e. The Morgan fingerprint density at radius 2 is 1.91 bits per heavy atom. The number of nitrogens with one attached hydrogen (secondary N) is 2. The van der Waals surface area contributed by atoms with Gasteiger partial charge in [-0.1, -0.05) is 18.9 Å². The topological polar surface area (TPSA) is 62.2 Å². The van der Waals surface area contributed by atoms with Crippen LogP contribution in [0.25, 0.3) is 0 Å². The van der Waals surface area contributed by atoms with Gasteiger partial charge in [0.05, 0.1) is 17.8 Å². The molecule has 32 heavy (non-hydrogen) atoms. The zero-order chi connectivity index (χ0) is 22.1. The van der Waals surface area contributed by atoms with Crippen LogP contribution in [-0.2, 0) is 4.79 Å². The maximum Gasteiger partial charge on any atom is 0.221 e. The van der Waals surface area contributed by atoms with E-state index in [1.165, 1.54) is 38.2 Å². The lowest BCUT2D eigenvalue weighted by Gasteiger charge is -2.27. The van der Waals surface area contributed by atoms with Crippen LogP contribution in [0.2, 0.25) is 0 Å². The van der Waals surface area contributed by atoms with Gasteiger partial charge in [-0.25, -0.2) is 0 Å². The van der Waals surface area contributed by atoms with Crippen molar-refractivity contribution in [1.82, 2.24) is 14.9 Å². The van der Waals surface area contributed by atoms with E-state index in [1.54, 1.807) is 0 Å². The Labute approximate surface area is 193 Å². The van der Waals surface area contributed by atoms with E-state index in [4.69, 9.17) is 12.2 Å². The molecule has 5 rings (SSSR count). The number of hydrogen-bond acceptors (Lipinski definition) is 3. The zero-order valence-electron chi connectivity index (χ0n) is 18.1. The van der Waals surface area contributed by atoms with Crippen molar-refractivity contribution in [1.29, 1.82) is 0 Å². The predicted octanol–water partition coefficient (Wildman–Crippen LogP) is 5.13. The lowest BCUT2D eigenvalue weighted by molar-refractivity contribution is -0.114. The molecule has 0 unspecified atom stereocenters. The molecule has 1 aromatic carbocycles. The molecule has 6 nitrogen and oxygen atoms in total. The lowest BCUT2D eigenvalue weighted by atomic mass is 9.98. The monoisotopic (exact) mass is 445 g/mol. The summed E-state index contributed by atoms with van der Waals surface area (Å²) in [6.45, 7) is 1.51. The molecule has 1 aliphatic heterocycles. The third-order valence-corrected chi connectivity index (χ3v) is 6.70. The van der Waals surface area contributed by atoms with Crippen LogP contribution < -0.4 is 15.5 Å². The number of thiocarbonyl (C=S) groups is 1. The SMILES string of the molecule is CC(=O)Nc1ccc(N2C(=S)N[C@@H](c3ccccn3)[C@@H]2c2ccn(C3CCCC3)c2)cc1. The van der Waals surface area contributed by atoms with Crippen molar-refractivity contribution in [2.75, 3.05) is 10.2 Å². The average Bonchev–Trinajstić information content (AvgIpc) is 3.54. The molecule has 1 aliphatic carbocycles. The maximum absolute atomic E-state index is 11.4. The van der Waals surface area contributed by atoms with Crippen LogP contribution in [0.4, 0.5) is 11.4 Å². The molecule has 1 amide bonds. The molecule has 3 aromatic rings. The molecule has 0 spiro atoms.